The van der Waals surface area contributed by atoms with Crippen molar-refractivity contribution >= 4 is 5.69 Å². The number of phenols is 1. The van der Waals surface area contributed by atoms with Crippen molar-refractivity contribution in [1.29, 1.82) is 0 Å². The van der Waals surface area contributed by atoms with E-state index in [1.54, 1.807) is 18.2 Å². The maximum atomic E-state index is 9.21. The molecule has 11 heavy (non-hydrogen) atoms. The van der Waals surface area contributed by atoms with E-state index in [0.29, 0.717) is 12.2 Å². The molecule has 0 fully saturated rings. The van der Waals surface area contributed by atoms with Crippen LogP contribution in [0.4, 0.5) is 5.69 Å². The summed E-state index contributed by atoms with van der Waals surface area (Å²) in [5, 5.41) is 12.1. The van der Waals surface area contributed by atoms with Gasteiger partial charge in [-0.25, -0.2) is 0 Å². The predicted molar refractivity (Wildman–Crippen MR) is 45.4 cm³/mol. The quantitative estimate of drug-likeness (QED) is 0.490. The Kier molecular flexibility index (Phi) is 2.40. The first-order valence-corrected chi connectivity index (χ1v) is 3.30. The Morgan fingerprint density at radius 3 is 2.82 bits per heavy atom. The van der Waals surface area contributed by atoms with Crippen molar-refractivity contribution in [1.82, 2.24) is 0 Å². The summed E-state index contributed by atoms with van der Waals surface area (Å²) in [5.74, 6) is 2.65. The first-order chi connectivity index (χ1) is 5.34. The lowest BCUT2D eigenvalue weighted by Gasteiger charge is -2.03. The highest BCUT2D eigenvalue weighted by Gasteiger charge is 1.94. The van der Waals surface area contributed by atoms with E-state index < -0.39 is 0 Å². The molecule has 0 saturated heterocycles. The number of anilines is 1. The fourth-order valence-corrected chi connectivity index (χ4v) is 0.769. The molecule has 0 aliphatic carbocycles. The van der Waals surface area contributed by atoms with Crippen LogP contribution in [0.5, 0.6) is 5.75 Å². The lowest BCUT2D eigenvalue weighted by Crippen LogP contribution is -1.97. The van der Waals surface area contributed by atoms with Gasteiger partial charge in [-0.15, -0.1) is 6.42 Å². The van der Waals surface area contributed by atoms with Gasteiger partial charge in [-0.2, -0.15) is 0 Å². The second-order valence-corrected chi connectivity index (χ2v) is 2.07. The fraction of sp³-hybridized carbons (Fsp3) is 0.111. The van der Waals surface area contributed by atoms with E-state index in [1.165, 1.54) is 0 Å². The Morgan fingerprint density at radius 1 is 1.45 bits per heavy atom. The van der Waals surface area contributed by atoms with Crippen molar-refractivity contribution < 1.29 is 5.11 Å². The molecule has 56 valence electrons. The molecule has 1 aromatic carbocycles. The van der Waals surface area contributed by atoms with Crippen LogP contribution in [0.1, 0.15) is 0 Å². The molecular weight excluding hydrogens is 138 g/mol. The summed E-state index contributed by atoms with van der Waals surface area (Å²) in [6.07, 6.45) is 5.03. The molecule has 0 aromatic heterocycles. The van der Waals surface area contributed by atoms with Crippen LogP contribution in [-0.2, 0) is 0 Å². The summed E-state index contributed by atoms with van der Waals surface area (Å²) in [6.45, 7) is 0.428. The van der Waals surface area contributed by atoms with E-state index in [0.717, 1.165) is 0 Å². The van der Waals surface area contributed by atoms with Crippen LogP contribution in [0.2, 0.25) is 0 Å². The van der Waals surface area contributed by atoms with Gasteiger partial charge in [0.25, 0.3) is 0 Å². The highest BCUT2D eigenvalue weighted by Crippen LogP contribution is 2.20. The molecule has 2 heteroatoms. The molecule has 0 unspecified atom stereocenters. The van der Waals surface area contributed by atoms with Crippen molar-refractivity contribution in [3.63, 3.8) is 0 Å². The van der Waals surface area contributed by atoms with E-state index in [1.807, 2.05) is 6.07 Å². The van der Waals surface area contributed by atoms with E-state index in [-0.39, 0.29) is 5.75 Å². The van der Waals surface area contributed by atoms with Gasteiger partial charge in [-0.3, -0.25) is 0 Å². The maximum Gasteiger partial charge on any atom is 0.138 e. The summed E-state index contributed by atoms with van der Waals surface area (Å²) in [5.41, 5.74) is 0.672. The van der Waals surface area contributed by atoms with Gasteiger partial charge in [0.2, 0.25) is 0 Å². The van der Waals surface area contributed by atoms with Crippen molar-refractivity contribution in [2.75, 3.05) is 11.9 Å². The fourth-order valence-electron chi connectivity index (χ4n) is 0.769. The minimum atomic E-state index is 0.225. The smallest absolute Gasteiger partial charge is 0.138 e. The van der Waals surface area contributed by atoms with Crippen LogP contribution >= 0.6 is 0 Å². The lowest BCUT2D eigenvalue weighted by molar-refractivity contribution is 0.477. The molecule has 0 aliphatic rings. The molecule has 2 nitrogen and oxygen atoms in total. The zero-order chi connectivity index (χ0) is 8.10. The summed E-state index contributed by atoms with van der Waals surface area (Å²) < 4.78 is 0. The molecule has 0 bridgehead atoms. The van der Waals surface area contributed by atoms with Gasteiger partial charge in [-0.05, 0) is 12.1 Å². The molecular formula is C9H9NO. The molecule has 0 heterocycles. The van der Waals surface area contributed by atoms with Gasteiger partial charge in [0, 0.05) is 0 Å². The van der Waals surface area contributed by atoms with Gasteiger partial charge in [0.1, 0.15) is 5.75 Å². The van der Waals surface area contributed by atoms with Crippen molar-refractivity contribution in [2.45, 2.75) is 0 Å². The van der Waals surface area contributed by atoms with E-state index in [2.05, 4.69) is 11.2 Å². The third kappa shape index (κ3) is 1.91. The molecule has 2 N–H and O–H groups in total. The number of benzene rings is 1. The van der Waals surface area contributed by atoms with Crippen LogP contribution in [0.25, 0.3) is 0 Å². The Hall–Kier alpha value is -1.62. The number of para-hydroxylation sites is 2. The number of hydrogen-bond donors (Lipinski definition) is 2. The SMILES string of the molecule is C#CCNc1ccccc1O. The molecule has 1 aromatic rings. The average molecular weight is 147 g/mol. The van der Waals surface area contributed by atoms with Gasteiger partial charge < -0.3 is 10.4 Å². The minimum absolute atomic E-state index is 0.225. The zero-order valence-corrected chi connectivity index (χ0v) is 6.04. The molecule has 0 spiro atoms. The largest absolute Gasteiger partial charge is 0.506 e. The van der Waals surface area contributed by atoms with Gasteiger partial charge >= 0.3 is 0 Å². The third-order valence-electron chi connectivity index (χ3n) is 1.28. The van der Waals surface area contributed by atoms with E-state index in [4.69, 9.17) is 6.42 Å². The standard InChI is InChI=1S/C9H9NO/c1-2-7-10-8-5-3-4-6-9(8)11/h1,3-6,10-11H,7H2. The summed E-state index contributed by atoms with van der Waals surface area (Å²) >= 11 is 0. The number of hydrogen-bond acceptors (Lipinski definition) is 2. The molecule has 0 radical (unpaired) electrons. The monoisotopic (exact) mass is 147 g/mol. The Morgan fingerprint density at radius 2 is 2.18 bits per heavy atom. The molecule has 1 rings (SSSR count). The summed E-state index contributed by atoms with van der Waals surface area (Å²) in [6, 6.07) is 6.97. The zero-order valence-electron chi connectivity index (χ0n) is 6.04. The Labute approximate surface area is 65.9 Å². The lowest BCUT2D eigenvalue weighted by atomic mass is 10.3. The van der Waals surface area contributed by atoms with Crippen LogP contribution in [0.3, 0.4) is 0 Å². The number of terminal acetylenes is 1. The normalized spacial score (nSPS) is 8.64. The first-order valence-electron chi connectivity index (χ1n) is 3.30. The van der Waals surface area contributed by atoms with Crippen LogP contribution in [0, 0.1) is 12.3 Å². The minimum Gasteiger partial charge on any atom is -0.506 e. The molecule has 0 amide bonds. The van der Waals surface area contributed by atoms with Crippen molar-refractivity contribution in [3.05, 3.63) is 24.3 Å². The summed E-state index contributed by atoms with van der Waals surface area (Å²) in [4.78, 5) is 0. The second kappa shape index (κ2) is 3.52. The number of nitrogens with one attached hydrogen (secondary N) is 1. The van der Waals surface area contributed by atoms with Crippen molar-refractivity contribution in [3.8, 4) is 18.1 Å². The maximum absolute atomic E-state index is 9.21. The van der Waals surface area contributed by atoms with Crippen molar-refractivity contribution in [2.24, 2.45) is 0 Å². The van der Waals surface area contributed by atoms with Gasteiger partial charge in [0.15, 0.2) is 0 Å². The van der Waals surface area contributed by atoms with E-state index in [9.17, 15) is 5.11 Å². The van der Waals surface area contributed by atoms with Gasteiger partial charge in [-0.1, -0.05) is 18.1 Å². The number of rotatable bonds is 2. The highest BCUT2D eigenvalue weighted by molar-refractivity contribution is 5.55. The van der Waals surface area contributed by atoms with Crippen LogP contribution < -0.4 is 5.32 Å². The molecule has 0 saturated carbocycles. The predicted octanol–water partition coefficient (Wildman–Crippen LogP) is 1.44. The average Bonchev–Trinajstić information content (AvgIpc) is 2.03. The number of aromatic hydroxyl groups is 1. The molecule has 0 aliphatic heterocycles. The first kappa shape index (κ1) is 7.49. The topological polar surface area (TPSA) is 32.3 Å². The second-order valence-electron chi connectivity index (χ2n) is 2.07. The molecule has 0 atom stereocenters. The van der Waals surface area contributed by atoms with Crippen LogP contribution in [0.15, 0.2) is 24.3 Å². The van der Waals surface area contributed by atoms with Gasteiger partial charge in [0.05, 0.1) is 12.2 Å². The third-order valence-corrected chi connectivity index (χ3v) is 1.28. The van der Waals surface area contributed by atoms with E-state index >= 15 is 0 Å². The number of phenolic OH excluding ortho intramolecular Hbond substituents is 1. The Balaban J connectivity index is 2.71. The Bertz CT molecular complexity index is 275. The highest BCUT2D eigenvalue weighted by atomic mass is 16.3. The van der Waals surface area contributed by atoms with Crippen LogP contribution in [-0.4, -0.2) is 11.7 Å². The summed E-state index contributed by atoms with van der Waals surface area (Å²) in [7, 11) is 0.